The van der Waals surface area contributed by atoms with Crippen molar-refractivity contribution in [1.29, 1.82) is 0 Å². The van der Waals surface area contributed by atoms with Crippen molar-refractivity contribution in [3.63, 3.8) is 0 Å². The Morgan fingerprint density at radius 3 is 1.33 bits per heavy atom. The molecule has 0 radical (unpaired) electrons. The highest BCUT2D eigenvalue weighted by atomic mass is 79.9. The summed E-state index contributed by atoms with van der Waals surface area (Å²) in [6, 6.07) is 0. The van der Waals surface area contributed by atoms with Crippen LogP contribution < -0.4 is 0 Å². The Morgan fingerprint density at radius 2 is 1.25 bits per heavy atom. The molecule has 0 fully saturated rings. The van der Waals surface area contributed by atoms with Crippen molar-refractivity contribution in [3.8, 4) is 0 Å². The van der Waals surface area contributed by atoms with Gasteiger partial charge in [-0.2, -0.15) is 0 Å². The topological polar surface area (TPSA) is 3.24 Å². The minimum absolute atomic E-state index is 0.0162. The van der Waals surface area contributed by atoms with Gasteiger partial charge >= 0.3 is 0 Å². The Balaban J connectivity index is 4.45. The molecule has 12 heavy (non-hydrogen) atoms. The fourth-order valence-electron chi connectivity index (χ4n) is 1.76. The summed E-state index contributed by atoms with van der Waals surface area (Å²) >= 11 is 3.69. The molecule has 0 saturated heterocycles. The van der Waals surface area contributed by atoms with E-state index in [9.17, 15) is 0 Å². The average molecular weight is 268 g/mol. The molecule has 0 aromatic heterocycles. The van der Waals surface area contributed by atoms with Crippen molar-refractivity contribution < 1.29 is 0 Å². The Kier molecular flexibility index (Phi) is 4.71. The first-order chi connectivity index (χ1) is 5.19. The largest absolute Gasteiger partial charge is 0.322 e. The molecular formula is C8H22BrNSi2. The fraction of sp³-hybridized carbons (Fsp3) is 1.00. The lowest BCUT2D eigenvalue weighted by atomic mass is 10.0. The van der Waals surface area contributed by atoms with Gasteiger partial charge in [-0.05, 0) is 41.5 Å². The van der Waals surface area contributed by atoms with Crippen LogP contribution in [-0.2, 0) is 0 Å². The van der Waals surface area contributed by atoms with Gasteiger partial charge in [0.05, 0.1) is 9.20 Å². The molecule has 0 aliphatic rings. The van der Waals surface area contributed by atoms with Crippen molar-refractivity contribution in [2.75, 3.05) is 0 Å². The van der Waals surface area contributed by atoms with Crippen LogP contribution in [0.5, 0.6) is 0 Å². The summed E-state index contributed by atoms with van der Waals surface area (Å²) < 4.78 is 2.71. The van der Waals surface area contributed by atoms with Gasteiger partial charge < -0.3 is 4.57 Å². The molecule has 0 aromatic carbocycles. The zero-order chi connectivity index (χ0) is 9.99. The summed E-state index contributed by atoms with van der Waals surface area (Å²) in [5.41, 5.74) is 0.705. The lowest BCUT2D eigenvalue weighted by Crippen LogP contribution is -2.55. The van der Waals surface area contributed by atoms with Crippen LogP contribution in [0.15, 0.2) is 0 Å². The van der Waals surface area contributed by atoms with Gasteiger partial charge in [0.25, 0.3) is 0 Å². The highest BCUT2D eigenvalue weighted by Gasteiger charge is 2.30. The molecule has 0 aliphatic carbocycles. The second-order valence-corrected chi connectivity index (χ2v) is 16.3. The van der Waals surface area contributed by atoms with Crippen LogP contribution in [0.25, 0.3) is 0 Å². The van der Waals surface area contributed by atoms with Gasteiger partial charge in [-0.15, -0.1) is 15.3 Å². The van der Waals surface area contributed by atoms with Crippen molar-refractivity contribution in [2.45, 2.75) is 52.6 Å². The predicted molar refractivity (Wildman–Crippen MR) is 67.4 cm³/mol. The highest BCUT2D eigenvalue weighted by molar-refractivity contribution is 9.24. The van der Waals surface area contributed by atoms with Crippen LogP contribution in [0.3, 0.4) is 0 Å². The average Bonchev–Trinajstić information content (AvgIpc) is 1.77. The van der Waals surface area contributed by atoms with Gasteiger partial charge in [0.15, 0.2) is 0 Å². The maximum atomic E-state index is 3.69. The molecular weight excluding hydrogens is 246 g/mol. The van der Waals surface area contributed by atoms with Gasteiger partial charge in [-0.1, -0.05) is 0 Å². The SMILES string of the molecule is CC(C)(C)N([SiH2][SiH2]Br)C(C)(C)C. The van der Waals surface area contributed by atoms with E-state index in [0.29, 0.717) is 11.1 Å². The smallest absolute Gasteiger partial charge is 0.102 e. The van der Waals surface area contributed by atoms with Crippen LogP contribution in [0.1, 0.15) is 41.5 Å². The number of hydrogen-bond donors (Lipinski definition) is 0. The monoisotopic (exact) mass is 267 g/mol. The number of hydrogen-bond acceptors (Lipinski definition) is 1. The van der Waals surface area contributed by atoms with Crippen molar-refractivity contribution in [2.24, 2.45) is 0 Å². The molecule has 0 heterocycles. The summed E-state index contributed by atoms with van der Waals surface area (Å²) in [6.45, 7) is 13.9. The van der Waals surface area contributed by atoms with E-state index in [0.717, 1.165) is 0 Å². The van der Waals surface area contributed by atoms with Crippen LogP contribution in [-0.4, -0.2) is 32.5 Å². The van der Waals surface area contributed by atoms with Crippen LogP contribution in [0.2, 0.25) is 0 Å². The van der Waals surface area contributed by atoms with Gasteiger partial charge in [0, 0.05) is 11.1 Å². The first-order valence-electron chi connectivity index (χ1n) is 4.53. The molecule has 0 aliphatic heterocycles. The van der Waals surface area contributed by atoms with E-state index in [1.165, 1.54) is 0 Å². The second-order valence-electron chi connectivity index (χ2n) is 5.18. The van der Waals surface area contributed by atoms with E-state index in [1.54, 1.807) is 0 Å². The summed E-state index contributed by atoms with van der Waals surface area (Å²) in [5, 5.41) is 0. The van der Waals surface area contributed by atoms with Crippen molar-refractivity contribution >= 4 is 32.1 Å². The lowest BCUT2D eigenvalue weighted by Gasteiger charge is -2.45. The highest BCUT2D eigenvalue weighted by Crippen LogP contribution is 2.22. The third kappa shape index (κ3) is 4.21. The minimum atomic E-state index is 0.0162. The molecule has 0 bridgehead atoms. The molecule has 0 unspecified atom stereocenters. The van der Waals surface area contributed by atoms with E-state index < -0.39 is 0 Å². The molecule has 0 rings (SSSR count). The van der Waals surface area contributed by atoms with Crippen LogP contribution >= 0.6 is 15.3 Å². The van der Waals surface area contributed by atoms with Gasteiger partial charge in [-0.25, -0.2) is 0 Å². The van der Waals surface area contributed by atoms with E-state index in [4.69, 9.17) is 0 Å². The van der Waals surface area contributed by atoms with Gasteiger partial charge in [0.1, 0.15) is 7.66 Å². The standard InChI is InChI=1S/C8H22BrNSi2/c1-7(2,3)10(12-11-9)8(4,5)6/h11-12H2,1-6H3. The van der Waals surface area contributed by atoms with Crippen molar-refractivity contribution in [1.82, 2.24) is 4.57 Å². The van der Waals surface area contributed by atoms with Crippen LogP contribution in [0, 0.1) is 0 Å². The Bertz CT molecular complexity index is 123. The van der Waals surface area contributed by atoms with Gasteiger partial charge in [0.2, 0.25) is 0 Å². The molecule has 0 N–H and O–H groups in total. The molecule has 4 heteroatoms. The third-order valence-electron chi connectivity index (χ3n) is 1.93. The second kappa shape index (κ2) is 4.39. The molecule has 0 atom stereocenters. The fourth-order valence-corrected chi connectivity index (χ4v) is 11.0. The predicted octanol–water partition coefficient (Wildman–Crippen LogP) is 1.36. The van der Waals surface area contributed by atoms with E-state index >= 15 is 0 Å². The summed E-state index contributed by atoms with van der Waals surface area (Å²) in [4.78, 5) is 0. The van der Waals surface area contributed by atoms with E-state index in [-0.39, 0.29) is 16.9 Å². The molecule has 0 spiro atoms. The normalized spacial score (nSPS) is 16.0. The summed E-state index contributed by atoms with van der Waals surface area (Å²) in [7, 11) is 0.100. The summed E-state index contributed by atoms with van der Waals surface area (Å²) in [6.07, 6.45) is 0. The maximum Gasteiger partial charge on any atom is 0.102 e. The Morgan fingerprint density at radius 1 is 0.917 bits per heavy atom. The lowest BCUT2D eigenvalue weighted by molar-refractivity contribution is 0.142. The molecule has 0 aromatic rings. The first-order valence-corrected chi connectivity index (χ1v) is 13.1. The molecule has 1 nitrogen and oxygen atoms in total. The first kappa shape index (κ1) is 12.9. The molecule has 0 amide bonds. The quantitative estimate of drug-likeness (QED) is 0.540. The Labute approximate surface area is 89.4 Å². The zero-order valence-electron chi connectivity index (χ0n) is 9.24. The van der Waals surface area contributed by atoms with Crippen LogP contribution in [0.4, 0.5) is 0 Å². The number of rotatable bonds is 2. The Hall–Kier alpha value is 0.874. The van der Waals surface area contributed by atoms with Crippen molar-refractivity contribution in [3.05, 3.63) is 0 Å². The zero-order valence-corrected chi connectivity index (χ0v) is 13.7. The van der Waals surface area contributed by atoms with E-state index in [1.807, 2.05) is 0 Å². The molecule has 74 valence electrons. The minimum Gasteiger partial charge on any atom is -0.322 e. The maximum absolute atomic E-state index is 3.69. The van der Waals surface area contributed by atoms with E-state index in [2.05, 4.69) is 61.4 Å². The molecule has 0 saturated carbocycles. The number of nitrogens with zero attached hydrogens (tertiary/aromatic N) is 1. The third-order valence-corrected chi connectivity index (χ3v) is 9.48. The summed E-state index contributed by atoms with van der Waals surface area (Å²) in [5.74, 6) is 0. The van der Waals surface area contributed by atoms with Gasteiger partial charge in [-0.3, -0.25) is 0 Å². The number of halogens is 1.